The number of allylic oxidation sites excluding steroid dienone is 1. The molecule has 1 aromatic rings. The summed E-state index contributed by atoms with van der Waals surface area (Å²) in [4.78, 5) is 10.3. The van der Waals surface area contributed by atoms with Crippen LogP contribution in [0.1, 0.15) is 5.56 Å². The van der Waals surface area contributed by atoms with E-state index in [2.05, 4.69) is 0 Å². The molecule has 4 heteroatoms. The Morgan fingerprint density at radius 3 is 2.36 bits per heavy atom. The molecule has 0 unspecified atom stereocenters. The van der Waals surface area contributed by atoms with Crippen LogP contribution in [0.4, 0.5) is 0 Å². The van der Waals surface area contributed by atoms with Gasteiger partial charge in [-0.3, -0.25) is 4.79 Å². The van der Waals surface area contributed by atoms with Crippen molar-refractivity contribution in [2.24, 2.45) is 0 Å². The molecule has 0 atom stereocenters. The van der Waals surface area contributed by atoms with Crippen molar-refractivity contribution < 1.29 is 9.90 Å². The van der Waals surface area contributed by atoms with Gasteiger partial charge in [0.05, 0.1) is 0 Å². The number of aliphatic hydroxyl groups excluding tert-OH is 1. The summed E-state index contributed by atoms with van der Waals surface area (Å²) in [6.07, 6.45) is 3.76. The quantitative estimate of drug-likeness (QED) is 0.462. The van der Waals surface area contributed by atoms with Gasteiger partial charge in [0.25, 0.3) is 6.26 Å². The average molecular weight is 210 g/mol. The number of rotatable bonds is 2. The highest BCUT2D eigenvalue weighted by Gasteiger charge is 1.85. The molecule has 0 aliphatic heterocycles. The highest BCUT2D eigenvalue weighted by atomic mass is 35.5. The van der Waals surface area contributed by atoms with E-state index in [1.54, 1.807) is 6.08 Å². The summed E-state index contributed by atoms with van der Waals surface area (Å²) in [5, 5.41) is 13.3. The molecule has 1 rings (SSSR count). The number of hydrogen-bond acceptors (Lipinski definition) is 3. The van der Waals surface area contributed by atoms with Gasteiger partial charge in [0.2, 0.25) is 5.24 Å². The van der Waals surface area contributed by atoms with Gasteiger partial charge in [-0.05, 0) is 23.2 Å². The molecule has 0 spiro atoms. The van der Waals surface area contributed by atoms with Gasteiger partial charge in [-0.2, -0.15) is 5.26 Å². The Hall–Kier alpha value is -1.79. The van der Waals surface area contributed by atoms with Crippen LogP contribution in [0.15, 0.2) is 36.4 Å². The molecule has 0 saturated heterocycles. The number of nitrogens with zero attached hydrogens (tertiary/aromatic N) is 1. The molecular weight excluding hydrogens is 202 g/mol. The minimum absolute atomic E-state index is 0.450. The lowest BCUT2D eigenvalue weighted by atomic mass is 10.2. The van der Waals surface area contributed by atoms with Crippen molar-refractivity contribution in [1.29, 1.82) is 5.26 Å². The first-order valence-corrected chi connectivity index (χ1v) is 4.04. The third kappa shape index (κ3) is 6.89. The Kier molecular flexibility index (Phi) is 6.84. The van der Waals surface area contributed by atoms with Crippen molar-refractivity contribution in [1.82, 2.24) is 0 Å². The van der Waals surface area contributed by atoms with Crippen molar-refractivity contribution in [2.45, 2.75) is 0 Å². The molecule has 0 radical (unpaired) electrons. The summed E-state index contributed by atoms with van der Waals surface area (Å²) >= 11 is 5.10. The normalized spacial score (nSPS) is 8.57. The molecule has 14 heavy (non-hydrogen) atoms. The summed E-state index contributed by atoms with van der Waals surface area (Å²) in [5.41, 5.74) is 0.974. The third-order valence-corrected chi connectivity index (χ3v) is 1.33. The van der Waals surface area contributed by atoms with E-state index in [4.69, 9.17) is 22.0 Å². The summed E-state index contributed by atoms with van der Waals surface area (Å²) < 4.78 is 0. The number of benzene rings is 1. The van der Waals surface area contributed by atoms with Crippen molar-refractivity contribution in [3.8, 4) is 6.26 Å². The first kappa shape index (κ1) is 12.2. The van der Waals surface area contributed by atoms with Gasteiger partial charge in [0.1, 0.15) is 0 Å². The Balaban J connectivity index is 0.000000500. The molecule has 0 saturated carbocycles. The fraction of sp³-hybridized carbons (Fsp3) is 0. The SMILES string of the molecule is N#CO.O=C(Cl)/C=C/c1ccccc1. The third-order valence-electron chi connectivity index (χ3n) is 1.21. The fourth-order valence-electron chi connectivity index (χ4n) is 0.726. The maximum atomic E-state index is 10.3. The van der Waals surface area contributed by atoms with Crippen LogP contribution in [0.3, 0.4) is 0 Å². The summed E-state index contributed by atoms with van der Waals surface area (Å²) in [6, 6.07) is 9.52. The second-order valence-corrected chi connectivity index (χ2v) is 2.52. The number of hydrogen-bond donors (Lipinski definition) is 1. The van der Waals surface area contributed by atoms with Gasteiger partial charge in [-0.15, -0.1) is 0 Å². The number of aliphatic hydroxyl groups is 1. The second kappa shape index (κ2) is 7.84. The lowest BCUT2D eigenvalue weighted by molar-refractivity contribution is -0.107. The standard InChI is InChI=1S/C9H7ClO.CHNO/c10-9(11)7-6-8-4-2-1-3-5-8;2-1-3/h1-7H;3H/b7-6+;. The lowest BCUT2D eigenvalue weighted by Gasteiger charge is -1.87. The van der Waals surface area contributed by atoms with Crippen molar-refractivity contribution in [2.75, 3.05) is 0 Å². The average Bonchev–Trinajstić information content (AvgIpc) is 2.18. The summed E-state index contributed by atoms with van der Waals surface area (Å²) in [6.45, 7) is 0. The van der Waals surface area contributed by atoms with Gasteiger partial charge in [-0.1, -0.05) is 36.4 Å². The zero-order valence-corrected chi connectivity index (χ0v) is 7.98. The van der Waals surface area contributed by atoms with Crippen LogP contribution in [0.25, 0.3) is 6.08 Å². The van der Waals surface area contributed by atoms with Crippen molar-refractivity contribution >= 4 is 22.9 Å². The van der Waals surface area contributed by atoms with Crippen molar-refractivity contribution in [3.05, 3.63) is 42.0 Å². The Morgan fingerprint density at radius 1 is 1.43 bits per heavy atom. The van der Waals surface area contributed by atoms with E-state index < -0.39 is 5.24 Å². The first-order valence-electron chi connectivity index (χ1n) is 3.66. The van der Waals surface area contributed by atoms with E-state index in [0.29, 0.717) is 0 Å². The number of carbonyl (C=O) groups is 1. The van der Waals surface area contributed by atoms with Crippen LogP contribution in [-0.4, -0.2) is 10.3 Å². The molecule has 72 valence electrons. The minimum Gasteiger partial charge on any atom is -0.443 e. The van der Waals surface area contributed by atoms with Crippen LogP contribution in [-0.2, 0) is 4.79 Å². The highest BCUT2D eigenvalue weighted by Crippen LogP contribution is 2.01. The smallest absolute Gasteiger partial charge is 0.283 e. The second-order valence-electron chi connectivity index (χ2n) is 2.15. The molecule has 0 heterocycles. The number of halogens is 1. The van der Waals surface area contributed by atoms with Crippen LogP contribution in [0.5, 0.6) is 0 Å². The predicted molar refractivity (Wildman–Crippen MR) is 53.9 cm³/mol. The molecule has 0 fully saturated rings. The van der Waals surface area contributed by atoms with Crippen LogP contribution in [0, 0.1) is 11.5 Å². The molecule has 3 nitrogen and oxygen atoms in total. The van der Waals surface area contributed by atoms with Gasteiger partial charge in [-0.25, -0.2) is 0 Å². The maximum Gasteiger partial charge on any atom is 0.283 e. The van der Waals surface area contributed by atoms with E-state index in [0.717, 1.165) is 11.8 Å². The zero-order chi connectivity index (χ0) is 10.8. The van der Waals surface area contributed by atoms with Crippen LogP contribution < -0.4 is 0 Å². The Bertz CT molecular complexity index is 341. The van der Waals surface area contributed by atoms with E-state index in [9.17, 15) is 4.79 Å². The van der Waals surface area contributed by atoms with Crippen molar-refractivity contribution in [3.63, 3.8) is 0 Å². The molecule has 1 aromatic carbocycles. The van der Waals surface area contributed by atoms with Gasteiger partial charge >= 0.3 is 0 Å². The van der Waals surface area contributed by atoms with E-state index >= 15 is 0 Å². The van der Waals surface area contributed by atoms with Crippen LogP contribution >= 0.6 is 11.6 Å². The highest BCUT2D eigenvalue weighted by molar-refractivity contribution is 6.66. The Morgan fingerprint density at radius 2 is 1.93 bits per heavy atom. The minimum atomic E-state index is -0.450. The molecule has 0 aliphatic rings. The molecule has 0 amide bonds. The van der Waals surface area contributed by atoms with Gasteiger partial charge in [0.15, 0.2) is 0 Å². The largest absolute Gasteiger partial charge is 0.443 e. The summed E-state index contributed by atoms with van der Waals surface area (Å²) in [5.74, 6) is 0. The zero-order valence-electron chi connectivity index (χ0n) is 7.22. The fourth-order valence-corrected chi connectivity index (χ4v) is 0.789. The Labute approximate surface area is 86.9 Å². The number of carbonyl (C=O) groups excluding carboxylic acids is 1. The van der Waals surface area contributed by atoms with E-state index in [1.165, 1.54) is 6.08 Å². The molecular formula is C10H8ClNO2. The van der Waals surface area contributed by atoms with Crippen LogP contribution in [0.2, 0.25) is 0 Å². The number of nitriles is 1. The van der Waals surface area contributed by atoms with Gasteiger partial charge in [0, 0.05) is 0 Å². The summed E-state index contributed by atoms with van der Waals surface area (Å²) in [7, 11) is 0. The van der Waals surface area contributed by atoms with E-state index in [1.807, 2.05) is 30.3 Å². The van der Waals surface area contributed by atoms with Gasteiger partial charge < -0.3 is 5.11 Å². The topological polar surface area (TPSA) is 61.1 Å². The molecule has 1 N–H and O–H groups in total. The lowest BCUT2D eigenvalue weighted by Crippen LogP contribution is -1.75. The first-order chi connectivity index (χ1) is 6.70. The maximum absolute atomic E-state index is 10.3. The van der Waals surface area contributed by atoms with E-state index in [-0.39, 0.29) is 0 Å². The molecule has 0 aliphatic carbocycles. The predicted octanol–water partition coefficient (Wildman–Crippen LogP) is 2.31. The molecule has 0 bridgehead atoms. The monoisotopic (exact) mass is 209 g/mol. The molecule has 0 aromatic heterocycles.